The van der Waals surface area contributed by atoms with Gasteiger partial charge in [0.25, 0.3) is 0 Å². The molecule has 0 radical (unpaired) electrons. The van der Waals surface area contributed by atoms with Gasteiger partial charge in [0.15, 0.2) is 0 Å². The van der Waals surface area contributed by atoms with Crippen LogP contribution in [0.5, 0.6) is 23.0 Å². The molecular formula is C60H94Br4Cl4Mn2N12O20. The molecular weight excluding hydrogens is 1780 g/mol. The Kier molecular flexibility index (Phi) is 74.1. The van der Waals surface area contributed by atoms with E-state index in [2.05, 4.69) is 171 Å². The second kappa shape index (κ2) is 68.2. The molecule has 6 N–H and O–H groups in total. The molecule has 0 aliphatic rings. The van der Waals surface area contributed by atoms with Crippen molar-refractivity contribution in [2.45, 2.75) is 51.4 Å². The number of rotatable bonds is 36. The molecule has 0 heterocycles. The minimum Gasteiger partial charge on any atom is -0.872 e. The average molecular weight is 1870 g/mol. The van der Waals surface area contributed by atoms with Gasteiger partial charge in [-0.05, 0) is 190 Å². The third-order valence-corrected chi connectivity index (χ3v) is 13.3. The first kappa shape index (κ1) is 111. The zero-order chi connectivity index (χ0) is 77.2. The average Bonchev–Trinajstić information content (AvgIpc) is 0.915. The summed E-state index contributed by atoms with van der Waals surface area (Å²) in [5.41, 5.74) is 2.55. The Balaban J connectivity index is -0.000000274. The standard InChI is InChI=1S/4C15H24BrN3O.4ClHO4.2Mn/c4*1-19(2)10-4-9-17-7-3-8-18-12-13-11-14(16)5-6-15(13)20;4*2-1(3,4)5;;/h4*5-6,11-12,17,20H,3-4,7-10H2,1-2H3;4*(H,2,3,4,5);;/q;;;;;;;;2*+3/p-6. The summed E-state index contributed by atoms with van der Waals surface area (Å²) < 4.78 is 140. The summed E-state index contributed by atoms with van der Waals surface area (Å²) in [4.78, 5) is 24.5. The molecule has 0 saturated heterocycles. The molecule has 0 spiro atoms. The van der Waals surface area contributed by atoms with Crippen molar-refractivity contribution in [2.75, 3.05) is 161 Å². The van der Waals surface area contributed by atoms with Gasteiger partial charge < -0.3 is 61.3 Å². The first-order valence-electron chi connectivity index (χ1n) is 30.4. The number of nitrogens with zero attached hydrogens (tertiary/aromatic N) is 6. The zero-order valence-electron chi connectivity index (χ0n) is 57.8. The predicted octanol–water partition coefficient (Wildman–Crippen LogP) is -14.4. The van der Waals surface area contributed by atoms with Gasteiger partial charge >= 0.3 is 34.1 Å². The van der Waals surface area contributed by atoms with Crippen LogP contribution >= 0.6 is 63.7 Å². The number of hydrogen-bond acceptors (Lipinski definition) is 30. The minimum absolute atomic E-state index is 0. The summed E-state index contributed by atoms with van der Waals surface area (Å²) in [6.45, 7) is 15.7. The molecule has 0 atom stereocenters. The Hall–Kier alpha value is -2.08. The molecule has 32 nitrogen and oxygen atoms in total. The second-order valence-electron chi connectivity index (χ2n) is 21.7. The number of aliphatic imine (C=N–C) groups is 4. The first-order chi connectivity index (χ1) is 46.4. The number of hydrogen-bond donors (Lipinski definition) is 6. The minimum atomic E-state index is -4.94. The van der Waals surface area contributed by atoms with Gasteiger partial charge in [-0.2, -0.15) is 0 Å². The molecule has 0 fully saturated rings. The van der Waals surface area contributed by atoms with Crippen molar-refractivity contribution in [1.82, 2.24) is 31.1 Å². The first-order valence-corrected chi connectivity index (χ1v) is 38.5. The van der Waals surface area contributed by atoms with Gasteiger partial charge in [0.1, 0.15) is 0 Å². The molecule has 0 amide bonds. The SMILES string of the molecule is CN(C)CCCNCCCN=Cc1cc(Br)ccc1[O-].CN(C)CCCNCCCN=Cc1cc(Br)ccc1[O-].C[NH+](C)CCCNCCCN=Cc1cc(Br)ccc1[O-].C[NH+](C)CCCNCCCN=Cc1cc(Br)ccc1[O-].[Mn+3].[Mn+3].[O-][Cl+3]([O-])([O-])[O-].[O-][Cl+3]([O-])([O-])[O-].[O-][Cl+3]([O-])([O-])[O-].[O-][Cl+3]([O-])([O-])[O-]. The topological polar surface area (TPSA) is 574 Å². The summed E-state index contributed by atoms with van der Waals surface area (Å²) in [6.07, 6.45) is 15.3. The van der Waals surface area contributed by atoms with Crippen LogP contribution in [0.2, 0.25) is 0 Å². The molecule has 0 aromatic heterocycles. The Morgan fingerprint density at radius 1 is 0.333 bits per heavy atom. The van der Waals surface area contributed by atoms with Crippen LogP contribution in [0.4, 0.5) is 0 Å². The second-order valence-corrected chi connectivity index (χ2v) is 28.4. The monoisotopic (exact) mass is 1870 g/mol. The maximum Gasteiger partial charge on any atom is 3.00 e. The van der Waals surface area contributed by atoms with Gasteiger partial charge in [-0.15, -0.1) is 41.0 Å². The zero-order valence-corrected chi connectivity index (χ0v) is 69.6. The fourth-order valence-electron chi connectivity index (χ4n) is 6.99. The van der Waals surface area contributed by atoms with Crippen molar-refractivity contribution in [3.63, 3.8) is 0 Å². The van der Waals surface area contributed by atoms with E-state index in [9.17, 15) is 20.4 Å². The molecule has 4 aromatic rings. The van der Waals surface area contributed by atoms with Crippen LogP contribution in [-0.4, -0.2) is 196 Å². The van der Waals surface area contributed by atoms with Crippen LogP contribution in [0.15, 0.2) is 111 Å². The number of quaternary nitrogens is 2. The van der Waals surface area contributed by atoms with Crippen molar-refractivity contribution in [2.24, 2.45) is 20.0 Å². The molecule has 0 unspecified atom stereocenters. The Morgan fingerprint density at radius 3 is 0.686 bits per heavy atom. The molecule has 584 valence electrons. The maximum atomic E-state index is 11.5. The Labute approximate surface area is 662 Å². The number of benzene rings is 4. The van der Waals surface area contributed by atoms with Crippen molar-refractivity contribution >= 4 is 88.6 Å². The van der Waals surface area contributed by atoms with Crippen LogP contribution in [0, 0.1) is 41.0 Å². The van der Waals surface area contributed by atoms with E-state index in [1.165, 1.54) is 35.7 Å². The van der Waals surface area contributed by atoms with Gasteiger partial charge in [-0.25, -0.2) is 74.5 Å². The molecule has 0 saturated carbocycles. The molecule has 0 aliphatic heterocycles. The molecule has 0 aliphatic carbocycles. The van der Waals surface area contributed by atoms with E-state index in [4.69, 9.17) is 74.5 Å². The fourth-order valence-corrected chi connectivity index (χ4v) is 8.50. The Bertz CT molecular complexity index is 2410. The fraction of sp³-hybridized carbons (Fsp3) is 0.533. The van der Waals surface area contributed by atoms with E-state index in [0.717, 1.165) is 148 Å². The van der Waals surface area contributed by atoms with Crippen molar-refractivity contribution < 1.29 is 180 Å². The third-order valence-electron chi connectivity index (χ3n) is 11.4. The van der Waals surface area contributed by atoms with Crippen LogP contribution in [0.25, 0.3) is 0 Å². The van der Waals surface area contributed by atoms with E-state index in [-0.39, 0.29) is 57.1 Å². The van der Waals surface area contributed by atoms with Gasteiger partial charge in [0, 0.05) is 94.9 Å². The molecule has 4 aromatic carbocycles. The van der Waals surface area contributed by atoms with Crippen molar-refractivity contribution in [1.29, 1.82) is 0 Å². The summed E-state index contributed by atoms with van der Waals surface area (Å²) >= 11 is 13.4. The van der Waals surface area contributed by atoms with E-state index in [1.54, 1.807) is 97.7 Å². The van der Waals surface area contributed by atoms with Crippen LogP contribution < -0.4 is 126 Å². The summed E-state index contributed by atoms with van der Waals surface area (Å²) in [7, 11) is -2.77. The van der Waals surface area contributed by atoms with Crippen LogP contribution in [0.3, 0.4) is 0 Å². The van der Waals surface area contributed by atoms with Gasteiger partial charge in [0.05, 0.1) is 41.3 Å². The molecule has 102 heavy (non-hydrogen) atoms. The van der Waals surface area contributed by atoms with Crippen LogP contribution in [-0.2, 0) is 34.1 Å². The van der Waals surface area contributed by atoms with Crippen LogP contribution in [0.1, 0.15) is 73.6 Å². The number of halogens is 8. The quantitative estimate of drug-likeness (QED) is 0.0140. The largest absolute Gasteiger partial charge is 3.00 e. The normalized spacial score (nSPS) is 11.5. The van der Waals surface area contributed by atoms with Gasteiger partial charge in [-0.3, -0.25) is 20.0 Å². The third kappa shape index (κ3) is 95.9. The summed E-state index contributed by atoms with van der Waals surface area (Å²) in [5.74, 6) is 0.0556. The maximum absolute atomic E-state index is 11.5. The van der Waals surface area contributed by atoms with Crippen molar-refractivity contribution in [3.8, 4) is 23.0 Å². The molecule has 42 heteroatoms. The van der Waals surface area contributed by atoms with Crippen molar-refractivity contribution in [3.05, 3.63) is 113 Å². The summed E-state index contributed by atoms with van der Waals surface area (Å²) in [5, 5.41) is 59.7. The number of nitrogens with one attached hydrogen (secondary N) is 6. The predicted molar refractivity (Wildman–Crippen MR) is 345 cm³/mol. The van der Waals surface area contributed by atoms with Gasteiger partial charge in [-0.1, -0.05) is 111 Å². The Morgan fingerprint density at radius 2 is 0.510 bits per heavy atom. The van der Waals surface area contributed by atoms with Gasteiger partial charge in [0.2, 0.25) is 0 Å². The molecule has 4 rings (SSSR count). The molecule has 0 bridgehead atoms. The van der Waals surface area contributed by atoms with E-state index >= 15 is 0 Å². The van der Waals surface area contributed by atoms with E-state index in [1.807, 2.05) is 0 Å². The smallest absolute Gasteiger partial charge is 0.872 e. The summed E-state index contributed by atoms with van der Waals surface area (Å²) in [6, 6.07) is 20.4. The van der Waals surface area contributed by atoms with E-state index < -0.39 is 41.0 Å². The van der Waals surface area contributed by atoms with E-state index in [0.29, 0.717) is 22.3 Å².